The van der Waals surface area contributed by atoms with Crippen LogP contribution in [0.25, 0.3) is 22.6 Å². The Morgan fingerprint density at radius 1 is 1.03 bits per heavy atom. The number of carbonyl (C=O) groups is 1. The molecule has 6 heteroatoms. The monoisotopic (exact) mass is 424 g/mol. The van der Waals surface area contributed by atoms with Crippen molar-refractivity contribution >= 4 is 45.9 Å². The second-order valence-corrected chi connectivity index (χ2v) is 7.91. The fourth-order valence-electron chi connectivity index (χ4n) is 3.04. The van der Waals surface area contributed by atoms with E-state index >= 15 is 0 Å². The lowest BCUT2D eigenvalue weighted by atomic mass is 10.0. The average molecular weight is 425 g/mol. The minimum atomic E-state index is -0.176. The number of oxazole rings is 1. The second kappa shape index (κ2) is 7.90. The molecule has 1 amide bonds. The van der Waals surface area contributed by atoms with Gasteiger partial charge in [-0.1, -0.05) is 55.2 Å². The Hall–Kier alpha value is -2.82. The molecule has 29 heavy (non-hydrogen) atoms. The third-order valence-corrected chi connectivity index (χ3v) is 5.12. The number of amides is 1. The van der Waals surface area contributed by atoms with E-state index in [4.69, 9.17) is 27.6 Å². The third kappa shape index (κ3) is 4.14. The van der Waals surface area contributed by atoms with Crippen molar-refractivity contribution in [2.24, 2.45) is 0 Å². The lowest BCUT2D eigenvalue weighted by Crippen LogP contribution is -2.11. The highest BCUT2D eigenvalue weighted by Crippen LogP contribution is 2.32. The number of benzene rings is 3. The number of nitrogens with one attached hydrogen (secondary N) is 1. The maximum atomic E-state index is 12.6. The maximum Gasteiger partial charge on any atom is 0.255 e. The lowest BCUT2D eigenvalue weighted by molar-refractivity contribution is 0.102. The highest BCUT2D eigenvalue weighted by molar-refractivity contribution is 6.38. The zero-order valence-electron chi connectivity index (χ0n) is 15.9. The zero-order chi connectivity index (χ0) is 20.5. The summed E-state index contributed by atoms with van der Waals surface area (Å²) < 4.78 is 5.81. The minimum Gasteiger partial charge on any atom is -0.435 e. The van der Waals surface area contributed by atoms with Crippen LogP contribution in [0.2, 0.25) is 10.0 Å². The number of aromatic nitrogens is 1. The predicted molar refractivity (Wildman–Crippen MR) is 118 cm³/mol. The highest BCUT2D eigenvalue weighted by Gasteiger charge is 2.13. The number of halogens is 2. The van der Waals surface area contributed by atoms with Crippen molar-refractivity contribution in [3.63, 3.8) is 0 Å². The van der Waals surface area contributed by atoms with Gasteiger partial charge in [-0.05, 0) is 53.9 Å². The van der Waals surface area contributed by atoms with Gasteiger partial charge in [0, 0.05) is 21.8 Å². The van der Waals surface area contributed by atoms with E-state index in [1.165, 1.54) is 5.56 Å². The van der Waals surface area contributed by atoms with E-state index < -0.39 is 0 Å². The van der Waals surface area contributed by atoms with E-state index in [0.29, 0.717) is 44.2 Å². The van der Waals surface area contributed by atoms with Gasteiger partial charge < -0.3 is 9.73 Å². The first-order chi connectivity index (χ1) is 13.9. The molecule has 0 saturated carbocycles. The van der Waals surface area contributed by atoms with Gasteiger partial charge in [-0.15, -0.1) is 0 Å². The Bertz CT molecular complexity index is 1200. The van der Waals surface area contributed by atoms with E-state index in [9.17, 15) is 4.79 Å². The van der Waals surface area contributed by atoms with Crippen molar-refractivity contribution in [1.82, 2.24) is 4.98 Å². The molecule has 4 rings (SSSR count). The summed E-state index contributed by atoms with van der Waals surface area (Å²) in [6.45, 7) is 4.24. The molecule has 146 valence electrons. The van der Waals surface area contributed by atoms with Gasteiger partial charge in [0.25, 0.3) is 5.91 Å². The van der Waals surface area contributed by atoms with E-state index in [-0.39, 0.29) is 5.91 Å². The number of fused-ring (bicyclic) bond motifs is 1. The topological polar surface area (TPSA) is 55.1 Å². The molecule has 0 fully saturated rings. The fourth-order valence-corrected chi connectivity index (χ4v) is 3.56. The lowest BCUT2D eigenvalue weighted by Gasteiger charge is -2.08. The van der Waals surface area contributed by atoms with Gasteiger partial charge in [0.15, 0.2) is 5.58 Å². The molecule has 0 bridgehead atoms. The summed E-state index contributed by atoms with van der Waals surface area (Å²) in [7, 11) is 0. The van der Waals surface area contributed by atoms with Crippen molar-refractivity contribution < 1.29 is 9.21 Å². The zero-order valence-corrected chi connectivity index (χ0v) is 17.4. The Kier molecular flexibility index (Phi) is 5.31. The van der Waals surface area contributed by atoms with Crippen molar-refractivity contribution in [3.05, 3.63) is 81.8 Å². The van der Waals surface area contributed by atoms with Gasteiger partial charge in [-0.25, -0.2) is 4.98 Å². The van der Waals surface area contributed by atoms with Gasteiger partial charge in [0.05, 0.1) is 5.02 Å². The van der Waals surface area contributed by atoms with Crippen LogP contribution in [0, 0.1) is 0 Å². The van der Waals surface area contributed by atoms with Gasteiger partial charge >= 0.3 is 0 Å². The molecular formula is C23H18Cl2N2O2. The summed E-state index contributed by atoms with van der Waals surface area (Å²) in [6.07, 6.45) is 0. The molecule has 1 N–H and O–H groups in total. The Balaban J connectivity index is 1.59. The molecule has 0 spiro atoms. The number of anilines is 1. The highest BCUT2D eigenvalue weighted by atomic mass is 35.5. The van der Waals surface area contributed by atoms with E-state index in [0.717, 1.165) is 5.56 Å². The molecule has 0 saturated heterocycles. The summed E-state index contributed by atoms with van der Waals surface area (Å²) in [4.78, 5) is 17.0. The molecule has 0 atom stereocenters. The number of hydrogen-bond acceptors (Lipinski definition) is 3. The quantitative estimate of drug-likeness (QED) is 0.377. The number of hydrogen-bond donors (Lipinski definition) is 1. The summed E-state index contributed by atoms with van der Waals surface area (Å²) in [5.74, 6) is 0.648. The molecule has 0 unspecified atom stereocenters. The van der Waals surface area contributed by atoms with Gasteiger partial charge in [0.2, 0.25) is 5.89 Å². The van der Waals surface area contributed by atoms with Crippen LogP contribution in [0.1, 0.15) is 35.7 Å². The first-order valence-electron chi connectivity index (χ1n) is 9.18. The van der Waals surface area contributed by atoms with Crippen molar-refractivity contribution in [1.29, 1.82) is 0 Å². The number of rotatable bonds is 4. The largest absolute Gasteiger partial charge is 0.435 e. The Morgan fingerprint density at radius 3 is 2.52 bits per heavy atom. The molecule has 1 heterocycles. The van der Waals surface area contributed by atoms with Gasteiger partial charge in [-0.3, -0.25) is 4.79 Å². The van der Waals surface area contributed by atoms with Crippen LogP contribution >= 0.6 is 23.2 Å². The van der Waals surface area contributed by atoms with Crippen LogP contribution in [0.3, 0.4) is 0 Å². The molecule has 4 aromatic rings. The van der Waals surface area contributed by atoms with Crippen LogP contribution in [-0.2, 0) is 0 Å². The van der Waals surface area contributed by atoms with Gasteiger partial charge in [-0.2, -0.15) is 0 Å². The molecule has 0 aliphatic carbocycles. The van der Waals surface area contributed by atoms with E-state index in [1.807, 2.05) is 42.5 Å². The summed E-state index contributed by atoms with van der Waals surface area (Å²) in [5, 5.41) is 3.81. The normalized spacial score (nSPS) is 11.2. The predicted octanol–water partition coefficient (Wildman–Crippen LogP) is 7.18. The first kappa shape index (κ1) is 19.5. The summed E-state index contributed by atoms with van der Waals surface area (Å²) in [5.41, 5.74) is 4.22. The molecule has 4 nitrogen and oxygen atoms in total. The number of carbonyl (C=O) groups excluding carboxylic acids is 1. The van der Waals surface area contributed by atoms with Crippen molar-refractivity contribution in [2.75, 3.05) is 5.32 Å². The standard InChI is InChI=1S/C23H18Cl2N2O2/c1-13(2)14-6-8-15(9-7-14)22(28)26-18-5-3-4-16(10-18)23-27-20-12-17(24)11-19(25)21(20)29-23/h3-13H,1-2H3,(H,26,28). The Labute approximate surface area is 178 Å². The molecule has 0 radical (unpaired) electrons. The summed E-state index contributed by atoms with van der Waals surface area (Å²) in [6, 6.07) is 18.2. The van der Waals surface area contributed by atoms with Crippen LogP contribution in [-0.4, -0.2) is 10.9 Å². The fraction of sp³-hybridized carbons (Fsp3) is 0.130. The SMILES string of the molecule is CC(C)c1ccc(C(=O)Nc2cccc(-c3nc4cc(Cl)cc(Cl)c4o3)c2)cc1. The number of nitrogens with zero attached hydrogens (tertiary/aromatic N) is 1. The second-order valence-electron chi connectivity index (χ2n) is 7.07. The first-order valence-corrected chi connectivity index (χ1v) is 9.93. The van der Waals surface area contributed by atoms with Crippen LogP contribution in [0.4, 0.5) is 5.69 Å². The minimum absolute atomic E-state index is 0.176. The molecule has 3 aromatic carbocycles. The smallest absolute Gasteiger partial charge is 0.255 e. The van der Waals surface area contributed by atoms with E-state index in [2.05, 4.69) is 24.1 Å². The molecule has 0 aliphatic heterocycles. The molecular weight excluding hydrogens is 407 g/mol. The third-order valence-electron chi connectivity index (χ3n) is 4.62. The van der Waals surface area contributed by atoms with Crippen molar-refractivity contribution in [3.8, 4) is 11.5 Å². The average Bonchev–Trinajstić information content (AvgIpc) is 3.13. The molecule has 0 aliphatic rings. The Morgan fingerprint density at radius 2 is 1.79 bits per heavy atom. The maximum absolute atomic E-state index is 12.6. The summed E-state index contributed by atoms with van der Waals surface area (Å²) >= 11 is 12.2. The van der Waals surface area contributed by atoms with Crippen LogP contribution in [0.15, 0.2) is 65.1 Å². The van der Waals surface area contributed by atoms with Crippen molar-refractivity contribution in [2.45, 2.75) is 19.8 Å². The van der Waals surface area contributed by atoms with Crippen LogP contribution in [0.5, 0.6) is 0 Å². The van der Waals surface area contributed by atoms with Gasteiger partial charge in [0.1, 0.15) is 5.52 Å². The van der Waals surface area contributed by atoms with Crippen LogP contribution < -0.4 is 5.32 Å². The molecule has 1 aromatic heterocycles. The van der Waals surface area contributed by atoms with E-state index in [1.54, 1.807) is 18.2 Å².